The Bertz CT molecular complexity index is 419. The molecule has 0 saturated heterocycles. The van der Waals surface area contributed by atoms with E-state index in [0.29, 0.717) is 13.0 Å². The van der Waals surface area contributed by atoms with Gasteiger partial charge < -0.3 is 10.6 Å². The summed E-state index contributed by atoms with van der Waals surface area (Å²) < 4.78 is 0.975. The predicted molar refractivity (Wildman–Crippen MR) is 68.6 cm³/mol. The fourth-order valence-corrected chi connectivity index (χ4v) is 2.90. The fourth-order valence-electron chi connectivity index (χ4n) is 2.26. The number of benzene rings is 1. The highest BCUT2D eigenvalue weighted by atomic mass is 79.9. The quantitative estimate of drug-likeness (QED) is 0.904. The van der Waals surface area contributed by atoms with Gasteiger partial charge in [0.15, 0.2) is 0 Å². The first-order chi connectivity index (χ1) is 7.65. The molecule has 0 bridgehead atoms. The first kappa shape index (κ1) is 11.6. The minimum absolute atomic E-state index is 0.165. The van der Waals surface area contributed by atoms with E-state index in [-0.39, 0.29) is 11.8 Å². The van der Waals surface area contributed by atoms with Crippen molar-refractivity contribution in [3.05, 3.63) is 28.2 Å². The molecule has 86 valence electrons. The normalized spacial score (nSPS) is 19.8. The van der Waals surface area contributed by atoms with Gasteiger partial charge in [0.25, 0.3) is 0 Å². The molecule has 2 rings (SSSR count). The Morgan fingerprint density at radius 2 is 2.31 bits per heavy atom. The van der Waals surface area contributed by atoms with E-state index < -0.39 is 0 Å². The van der Waals surface area contributed by atoms with Crippen molar-refractivity contribution in [1.29, 1.82) is 0 Å². The van der Waals surface area contributed by atoms with Crippen molar-refractivity contribution in [2.24, 2.45) is 5.73 Å². The van der Waals surface area contributed by atoms with Crippen LogP contribution in [-0.4, -0.2) is 19.5 Å². The molecule has 0 aromatic heterocycles. The van der Waals surface area contributed by atoms with Gasteiger partial charge in [0.2, 0.25) is 5.91 Å². The molecule has 2 N–H and O–H groups in total. The van der Waals surface area contributed by atoms with Crippen LogP contribution in [0.4, 0.5) is 5.69 Å². The number of hydrogen-bond donors (Lipinski definition) is 1. The van der Waals surface area contributed by atoms with Crippen molar-refractivity contribution in [2.45, 2.75) is 18.8 Å². The van der Waals surface area contributed by atoms with Gasteiger partial charge in [-0.25, -0.2) is 0 Å². The third-order valence-electron chi connectivity index (χ3n) is 3.10. The number of fused-ring (bicyclic) bond motifs is 1. The van der Waals surface area contributed by atoms with E-state index in [9.17, 15) is 4.79 Å². The van der Waals surface area contributed by atoms with Crippen molar-refractivity contribution >= 4 is 27.5 Å². The molecule has 1 atom stereocenters. The van der Waals surface area contributed by atoms with Crippen LogP contribution in [0, 0.1) is 0 Å². The van der Waals surface area contributed by atoms with Crippen LogP contribution >= 0.6 is 15.9 Å². The van der Waals surface area contributed by atoms with E-state index in [0.717, 1.165) is 16.6 Å². The van der Waals surface area contributed by atoms with Crippen LogP contribution in [0.15, 0.2) is 22.7 Å². The average molecular weight is 283 g/mol. The molecule has 16 heavy (non-hydrogen) atoms. The van der Waals surface area contributed by atoms with Gasteiger partial charge >= 0.3 is 0 Å². The second-order valence-corrected chi connectivity index (χ2v) is 4.96. The molecule has 0 saturated carbocycles. The largest absolute Gasteiger partial charge is 0.330 e. The second-order valence-electron chi connectivity index (χ2n) is 4.11. The van der Waals surface area contributed by atoms with Gasteiger partial charge in [0, 0.05) is 17.9 Å². The van der Waals surface area contributed by atoms with Crippen molar-refractivity contribution in [3.8, 4) is 0 Å². The number of hydrogen-bond acceptors (Lipinski definition) is 2. The number of amides is 1. The van der Waals surface area contributed by atoms with Gasteiger partial charge in [-0.15, -0.1) is 0 Å². The minimum atomic E-state index is 0.165. The lowest BCUT2D eigenvalue weighted by Crippen LogP contribution is -2.34. The zero-order valence-electron chi connectivity index (χ0n) is 9.24. The van der Waals surface area contributed by atoms with Crippen LogP contribution in [0.2, 0.25) is 0 Å². The van der Waals surface area contributed by atoms with Crippen LogP contribution < -0.4 is 10.6 Å². The Hall–Kier alpha value is -0.870. The molecular formula is C12H15BrN2O. The summed E-state index contributed by atoms with van der Waals surface area (Å²) in [6, 6.07) is 6.06. The molecule has 1 heterocycles. The number of para-hydroxylation sites is 1. The van der Waals surface area contributed by atoms with Gasteiger partial charge in [-0.1, -0.05) is 12.1 Å². The van der Waals surface area contributed by atoms with Crippen LogP contribution in [0.3, 0.4) is 0 Å². The second kappa shape index (κ2) is 4.55. The topological polar surface area (TPSA) is 46.3 Å². The number of carbonyl (C=O) groups excluding carboxylic acids is 1. The summed E-state index contributed by atoms with van der Waals surface area (Å²) in [7, 11) is 1.82. The summed E-state index contributed by atoms with van der Waals surface area (Å²) in [4.78, 5) is 13.6. The molecule has 1 aromatic carbocycles. The van der Waals surface area contributed by atoms with Gasteiger partial charge in [0.05, 0.1) is 5.69 Å². The zero-order chi connectivity index (χ0) is 11.7. The number of nitrogens with zero attached hydrogens (tertiary/aromatic N) is 1. The minimum Gasteiger partial charge on any atom is -0.330 e. The lowest BCUT2D eigenvalue weighted by atomic mass is 9.87. The molecule has 1 aromatic rings. The van der Waals surface area contributed by atoms with Gasteiger partial charge in [-0.2, -0.15) is 0 Å². The van der Waals surface area contributed by atoms with Crippen LogP contribution in [0.5, 0.6) is 0 Å². The maximum Gasteiger partial charge on any atom is 0.227 e. The summed E-state index contributed by atoms with van der Waals surface area (Å²) in [5, 5.41) is 0. The standard InChI is InChI=1S/C12H15BrN2O/c1-15-11(16)7-8(5-6-14)9-3-2-4-10(13)12(9)15/h2-4,8H,5-7,14H2,1H3. The highest BCUT2D eigenvalue weighted by molar-refractivity contribution is 9.10. The summed E-state index contributed by atoms with van der Waals surface area (Å²) in [5.41, 5.74) is 7.82. The van der Waals surface area contributed by atoms with Crippen LogP contribution in [-0.2, 0) is 4.79 Å². The van der Waals surface area contributed by atoms with Gasteiger partial charge in [0.1, 0.15) is 0 Å². The predicted octanol–water partition coefficient (Wildman–Crippen LogP) is 2.25. The molecular weight excluding hydrogens is 268 g/mol. The van der Waals surface area contributed by atoms with E-state index in [1.165, 1.54) is 5.56 Å². The molecule has 1 aliphatic heterocycles. The van der Waals surface area contributed by atoms with Crippen molar-refractivity contribution in [2.75, 3.05) is 18.5 Å². The number of halogens is 1. The molecule has 0 fully saturated rings. The zero-order valence-corrected chi connectivity index (χ0v) is 10.8. The molecule has 0 spiro atoms. The maximum atomic E-state index is 11.9. The summed E-state index contributed by atoms with van der Waals surface area (Å²) in [6.07, 6.45) is 1.43. The molecule has 3 nitrogen and oxygen atoms in total. The monoisotopic (exact) mass is 282 g/mol. The van der Waals surface area contributed by atoms with E-state index in [1.807, 2.05) is 19.2 Å². The SMILES string of the molecule is CN1C(=O)CC(CCN)c2cccc(Br)c21. The number of carbonyl (C=O) groups is 1. The molecule has 1 amide bonds. The fraction of sp³-hybridized carbons (Fsp3) is 0.417. The Morgan fingerprint density at radius 1 is 1.56 bits per heavy atom. The van der Waals surface area contributed by atoms with E-state index in [4.69, 9.17) is 5.73 Å². The maximum absolute atomic E-state index is 11.9. The number of nitrogens with two attached hydrogens (primary N) is 1. The van der Waals surface area contributed by atoms with Gasteiger partial charge in [-0.3, -0.25) is 4.79 Å². The van der Waals surface area contributed by atoms with Crippen molar-refractivity contribution < 1.29 is 4.79 Å². The molecule has 0 radical (unpaired) electrons. The Balaban J connectivity index is 2.49. The molecule has 0 aliphatic carbocycles. The summed E-state index contributed by atoms with van der Waals surface area (Å²) in [6.45, 7) is 0.619. The smallest absolute Gasteiger partial charge is 0.227 e. The van der Waals surface area contributed by atoms with E-state index in [1.54, 1.807) is 4.90 Å². The Labute approximate surface area is 104 Å². The molecule has 4 heteroatoms. The van der Waals surface area contributed by atoms with Crippen molar-refractivity contribution in [1.82, 2.24) is 0 Å². The van der Waals surface area contributed by atoms with Crippen LogP contribution in [0.1, 0.15) is 24.3 Å². The Kier molecular flexibility index (Phi) is 3.30. The highest BCUT2D eigenvalue weighted by Crippen LogP contribution is 2.41. The first-order valence-electron chi connectivity index (χ1n) is 5.40. The highest BCUT2D eigenvalue weighted by Gasteiger charge is 2.29. The summed E-state index contributed by atoms with van der Waals surface area (Å²) >= 11 is 3.50. The van der Waals surface area contributed by atoms with Crippen molar-refractivity contribution in [3.63, 3.8) is 0 Å². The average Bonchev–Trinajstić information content (AvgIpc) is 2.25. The van der Waals surface area contributed by atoms with Gasteiger partial charge in [-0.05, 0) is 46.4 Å². The first-order valence-corrected chi connectivity index (χ1v) is 6.19. The lowest BCUT2D eigenvalue weighted by molar-refractivity contribution is -0.119. The lowest BCUT2D eigenvalue weighted by Gasteiger charge is -2.32. The summed E-state index contributed by atoms with van der Waals surface area (Å²) in [5.74, 6) is 0.430. The molecule has 1 aliphatic rings. The van der Waals surface area contributed by atoms with E-state index in [2.05, 4.69) is 22.0 Å². The molecule has 1 unspecified atom stereocenters. The third kappa shape index (κ3) is 1.87. The third-order valence-corrected chi connectivity index (χ3v) is 3.74. The van der Waals surface area contributed by atoms with E-state index >= 15 is 0 Å². The van der Waals surface area contributed by atoms with Crippen LogP contribution in [0.25, 0.3) is 0 Å². The number of anilines is 1. The Morgan fingerprint density at radius 3 is 3.00 bits per heavy atom. The number of rotatable bonds is 2.